The summed E-state index contributed by atoms with van der Waals surface area (Å²) in [5.74, 6) is 0. The Morgan fingerprint density at radius 2 is 1.88 bits per heavy atom. The molecule has 1 nitrogen and oxygen atoms in total. The van der Waals surface area contributed by atoms with Crippen LogP contribution in [-0.4, -0.2) is 5.11 Å². The molecule has 0 bridgehead atoms. The predicted molar refractivity (Wildman–Crippen MR) is 70.2 cm³/mol. The molecular weight excluding hydrogens is 243 g/mol. The van der Waals surface area contributed by atoms with Gasteiger partial charge >= 0.3 is 0 Å². The Hall–Kier alpha value is -0.240. The maximum absolute atomic E-state index is 9.93. The Kier molecular flexibility index (Phi) is 6.18. The number of rotatable bonds is 6. The SMILES string of the molecule is CCCCCCC(O)c1ccc(Cl)c(Cl)c1. The summed E-state index contributed by atoms with van der Waals surface area (Å²) < 4.78 is 0. The zero-order valence-electron chi connectivity index (χ0n) is 9.55. The largest absolute Gasteiger partial charge is 0.388 e. The summed E-state index contributed by atoms with van der Waals surface area (Å²) in [5.41, 5.74) is 0.853. The van der Waals surface area contributed by atoms with Gasteiger partial charge in [-0.1, -0.05) is 61.9 Å². The second-order valence-electron chi connectivity index (χ2n) is 4.04. The topological polar surface area (TPSA) is 20.2 Å². The van der Waals surface area contributed by atoms with Gasteiger partial charge in [0.15, 0.2) is 0 Å². The van der Waals surface area contributed by atoms with Crippen molar-refractivity contribution < 1.29 is 5.11 Å². The zero-order chi connectivity index (χ0) is 12.0. The maximum atomic E-state index is 9.93. The third-order valence-electron chi connectivity index (χ3n) is 2.66. The molecule has 1 aromatic carbocycles. The van der Waals surface area contributed by atoms with Crippen LogP contribution in [0, 0.1) is 0 Å². The highest BCUT2D eigenvalue weighted by Gasteiger charge is 2.08. The fourth-order valence-electron chi connectivity index (χ4n) is 1.65. The molecule has 16 heavy (non-hydrogen) atoms. The number of halogens is 2. The standard InChI is InChI=1S/C13H18Cl2O/c1-2-3-4-5-6-13(16)10-7-8-11(14)12(15)9-10/h7-9,13,16H,2-6H2,1H3. The normalized spacial score (nSPS) is 12.8. The van der Waals surface area contributed by atoms with E-state index < -0.39 is 6.10 Å². The van der Waals surface area contributed by atoms with E-state index in [-0.39, 0.29) is 0 Å². The maximum Gasteiger partial charge on any atom is 0.0790 e. The van der Waals surface area contributed by atoms with E-state index in [9.17, 15) is 5.11 Å². The predicted octanol–water partition coefficient (Wildman–Crippen LogP) is 5.00. The lowest BCUT2D eigenvalue weighted by atomic mass is 10.0. The van der Waals surface area contributed by atoms with Gasteiger partial charge in [-0.25, -0.2) is 0 Å². The first-order valence-electron chi connectivity index (χ1n) is 5.78. The monoisotopic (exact) mass is 260 g/mol. The second-order valence-corrected chi connectivity index (χ2v) is 4.85. The van der Waals surface area contributed by atoms with E-state index in [0.29, 0.717) is 10.0 Å². The van der Waals surface area contributed by atoms with Crippen molar-refractivity contribution in [3.63, 3.8) is 0 Å². The van der Waals surface area contributed by atoms with E-state index in [0.717, 1.165) is 18.4 Å². The highest BCUT2D eigenvalue weighted by molar-refractivity contribution is 6.42. The van der Waals surface area contributed by atoms with Crippen molar-refractivity contribution in [1.29, 1.82) is 0 Å². The zero-order valence-corrected chi connectivity index (χ0v) is 11.1. The summed E-state index contributed by atoms with van der Waals surface area (Å²) in [7, 11) is 0. The van der Waals surface area contributed by atoms with Gasteiger partial charge < -0.3 is 5.11 Å². The smallest absolute Gasteiger partial charge is 0.0790 e. The van der Waals surface area contributed by atoms with Crippen LogP contribution in [0.15, 0.2) is 18.2 Å². The highest BCUT2D eigenvalue weighted by atomic mass is 35.5. The van der Waals surface area contributed by atoms with Crippen LogP contribution in [0.1, 0.15) is 50.7 Å². The molecule has 0 amide bonds. The molecule has 90 valence electrons. The Bertz CT molecular complexity index is 326. The lowest BCUT2D eigenvalue weighted by Crippen LogP contribution is -1.97. The van der Waals surface area contributed by atoms with E-state index in [4.69, 9.17) is 23.2 Å². The van der Waals surface area contributed by atoms with Crippen LogP contribution in [0.2, 0.25) is 10.0 Å². The second kappa shape index (κ2) is 7.16. The fourth-order valence-corrected chi connectivity index (χ4v) is 1.96. The summed E-state index contributed by atoms with van der Waals surface area (Å²) in [6.07, 6.45) is 5.03. The van der Waals surface area contributed by atoms with E-state index in [1.807, 2.05) is 6.07 Å². The summed E-state index contributed by atoms with van der Waals surface area (Å²) in [6.45, 7) is 2.18. The van der Waals surface area contributed by atoms with Crippen molar-refractivity contribution in [3.8, 4) is 0 Å². The van der Waals surface area contributed by atoms with Crippen LogP contribution in [0.3, 0.4) is 0 Å². The lowest BCUT2D eigenvalue weighted by molar-refractivity contribution is 0.163. The molecule has 1 N–H and O–H groups in total. The van der Waals surface area contributed by atoms with Crippen molar-refractivity contribution in [3.05, 3.63) is 33.8 Å². The quantitative estimate of drug-likeness (QED) is 0.714. The molecule has 1 unspecified atom stereocenters. The molecule has 0 saturated heterocycles. The van der Waals surface area contributed by atoms with Crippen molar-refractivity contribution in [2.75, 3.05) is 0 Å². The minimum absolute atomic E-state index is 0.424. The number of hydrogen-bond acceptors (Lipinski definition) is 1. The fraction of sp³-hybridized carbons (Fsp3) is 0.538. The van der Waals surface area contributed by atoms with Gasteiger partial charge in [-0.3, -0.25) is 0 Å². The number of benzene rings is 1. The van der Waals surface area contributed by atoms with Crippen molar-refractivity contribution in [2.45, 2.75) is 45.1 Å². The van der Waals surface area contributed by atoms with Gasteiger partial charge in [0, 0.05) is 0 Å². The van der Waals surface area contributed by atoms with Crippen molar-refractivity contribution in [1.82, 2.24) is 0 Å². The van der Waals surface area contributed by atoms with Crippen molar-refractivity contribution in [2.24, 2.45) is 0 Å². The molecule has 0 spiro atoms. The molecule has 0 aromatic heterocycles. The number of unbranched alkanes of at least 4 members (excludes halogenated alkanes) is 3. The minimum atomic E-state index is -0.424. The molecule has 0 saturated carbocycles. The Morgan fingerprint density at radius 1 is 1.12 bits per heavy atom. The molecule has 0 radical (unpaired) electrons. The van der Waals surface area contributed by atoms with Crippen molar-refractivity contribution >= 4 is 23.2 Å². The third kappa shape index (κ3) is 4.32. The first-order chi connectivity index (χ1) is 7.65. The molecular formula is C13H18Cl2O. The summed E-state index contributed by atoms with van der Waals surface area (Å²) >= 11 is 11.7. The average Bonchev–Trinajstić information content (AvgIpc) is 2.28. The number of aliphatic hydroxyl groups is 1. The number of aliphatic hydroxyl groups excluding tert-OH is 1. The van der Waals surface area contributed by atoms with Gasteiger partial charge in [0.1, 0.15) is 0 Å². The van der Waals surface area contributed by atoms with Gasteiger partial charge in [-0.05, 0) is 24.1 Å². The lowest BCUT2D eigenvalue weighted by Gasteiger charge is -2.11. The first kappa shape index (κ1) is 13.8. The molecule has 1 aromatic rings. The molecule has 0 fully saturated rings. The highest BCUT2D eigenvalue weighted by Crippen LogP contribution is 2.27. The summed E-state index contributed by atoms with van der Waals surface area (Å²) in [6, 6.07) is 5.31. The minimum Gasteiger partial charge on any atom is -0.388 e. The van der Waals surface area contributed by atoms with Crippen LogP contribution < -0.4 is 0 Å². The molecule has 0 heterocycles. The van der Waals surface area contributed by atoms with Gasteiger partial charge in [0.25, 0.3) is 0 Å². The Morgan fingerprint density at radius 3 is 2.50 bits per heavy atom. The van der Waals surface area contributed by atoms with E-state index in [1.54, 1.807) is 12.1 Å². The van der Waals surface area contributed by atoms with Crippen LogP contribution in [-0.2, 0) is 0 Å². The van der Waals surface area contributed by atoms with Gasteiger partial charge in [0.2, 0.25) is 0 Å². The van der Waals surface area contributed by atoms with Crippen LogP contribution in [0.5, 0.6) is 0 Å². The third-order valence-corrected chi connectivity index (χ3v) is 3.40. The van der Waals surface area contributed by atoms with Gasteiger partial charge in [-0.2, -0.15) is 0 Å². The van der Waals surface area contributed by atoms with Crippen LogP contribution in [0.25, 0.3) is 0 Å². The molecule has 1 rings (SSSR count). The van der Waals surface area contributed by atoms with Gasteiger partial charge in [-0.15, -0.1) is 0 Å². The van der Waals surface area contributed by atoms with Gasteiger partial charge in [0.05, 0.1) is 16.1 Å². The van der Waals surface area contributed by atoms with E-state index in [2.05, 4.69) is 6.92 Å². The Balaban J connectivity index is 2.46. The molecule has 0 aliphatic rings. The Labute approximate surface area is 107 Å². The number of hydrogen-bond donors (Lipinski definition) is 1. The first-order valence-corrected chi connectivity index (χ1v) is 6.53. The van der Waals surface area contributed by atoms with E-state index in [1.165, 1.54) is 19.3 Å². The molecule has 0 aliphatic heterocycles. The average molecular weight is 261 g/mol. The molecule has 3 heteroatoms. The van der Waals surface area contributed by atoms with Crippen LogP contribution >= 0.6 is 23.2 Å². The summed E-state index contributed by atoms with van der Waals surface area (Å²) in [5, 5.41) is 11.0. The van der Waals surface area contributed by atoms with E-state index >= 15 is 0 Å². The molecule has 1 atom stereocenters. The molecule has 0 aliphatic carbocycles. The van der Waals surface area contributed by atoms with Crippen LogP contribution in [0.4, 0.5) is 0 Å². The summed E-state index contributed by atoms with van der Waals surface area (Å²) in [4.78, 5) is 0.